The van der Waals surface area contributed by atoms with Crippen molar-refractivity contribution in [2.24, 2.45) is 5.10 Å². The van der Waals surface area contributed by atoms with Gasteiger partial charge in [0.25, 0.3) is 11.8 Å². The first-order valence-electron chi connectivity index (χ1n) is 10.8. The lowest BCUT2D eigenvalue weighted by Crippen LogP contribution is -2.39. The van der Waals surface area contributed by atoms with Crippen molar-refractivity contribution in [1.82, 2.24) is 5.43 Å². The molecular weight excluding hydrogens is 548 g/mol. The minimum Gasteiger partial charge on any atom is -0.484 e. The summed E-state index contributed by atoms with van der Waals surface area (Å²) in [7, 11) is -3.70. The zero-order valence-corrected chi connectivity index (χ0v) is 22.0. The molecule has 0 heterocycles. The molecule has 3 rings (SSSR count). The molecule has 0 fully saturated rings. The molecule has 3 aromatic rings. The predicted molar refractivity (Wildman–Crippen MR) is 144 cm³/mol. The second-order valence-electron chi connectivity index (χ2n) is 7.79. The molecule has 9 nitrogen and oxygen atoms in total. The number of carbonyl (C=O) groups is 2. The van der Waals surface area contributed by atoms with Crippen LogP contribution in [-0.4, -0.2) is 45.9 Å². The van der Waals surface area contributed by atoms with E-state index < -0.39 is 22.5 Å². The smallest absolute Gasteiger partial charge is 0.262 e. The number of halogens is 1. The lowest BCUT2D eigenvalue weighted by molar-refractivity contribution is -0.119. The normalized spacial score (nSPS) is 11.2. The summed E-state index contributed by atoms with van der Waals surface area (Å²) in [4.78, 5) is 24.4. The molecule has 0 radical (unpaired) electrons. The second kappa shape index (κ2) is 12.3. The number of para-hydroxylation sites is 1. The Hall–Kier alpha value is -3.70. The summed E-state index contributed by atoms with van der Waals surface area (Å²) in [5, 5.41) is 6.64. The van der Waals surface area contributed by atoms with Crippen LogP contribution in [0.4, 0.5) is 11.4 Å². The number of sulfonamides is 1. The van der Waals surface area contributed by atoms with Gasteiger partial charge >= 0.3 is 0 Å². The van der Waals surface area contributed by atoms with E-state index in [0.717, 1.165) is 16.1 Å². The Labute approximate surface area is 218 Å². The average Bonchev–Trinajstić information content (AvgIpc) is 2.83. The van der Waals surface area contributed by atoms with Crippen molar-refractivity contribution in [3.05, 3.63) is 88.4 Å². The highest BCUT2D eigenvalue weighted by molar-refractivity contribution is 9.10. The fraction of sp³-hybridized carbons (Fsp3) is 0.160. The number of hydrogen-bond acceptors (Lipinski definition) is 6. The monoisotopic (exact) mass is 572 g/mol. The first-order chi connectivity index (χ1) is 17.1. The van der Waals surface area contributed by atoms with Crippen LogP contribution in [0.2, 0.25) is 0 Å². The summed E-state index contributed by atoms with van der Waals surface area (Å²) in [6.07, 6.45) is 2.44. The standard InChI is InChI=1S/C25H25BrN4O5S/c1-18-7-11-20(12-8-18)28-25(32)17-35-21-13-9-19(10-14-21)15-27-29-24(31)16-30(36(2,33)34)23-6-4-3-5-22(23)26/h3-15H,16-17H2,1-2H3,(H,28,32)(H,29,31)/b27-15-. The van der Waals surface area contributed by atoms with Gasteiger partial charge in [-0.2, -0.15) is 5.10 Å². The van der Waals surface area contributed by atoms with Crippen LogP contribution in [0.3, 0.4) is 0 Å². The zero-order valence-electron chi connectivity index (χ0n) is 19.6. The summed E-state index contributed by atoms with van der Waals surface area (Å²) in [6, 6.07) is 20.9. The number of benzene rings is 3. The van der Waals surface area contributed by atoms with Crippen molar-refractivity contribution in [2.45, 2.75) is 6.92 Å². The third kappa shape index (κ3) is 8.21. The van der Waals surface area contributed by atoms with Crippen LogP contribution in [0.25, 0.3) is 0 Å². The van der Waals surface area contributed by atoms with E-state index in [1.807, 2.05) is 31.2 Å². The molecule has 0 aromatic heterocycles. The molecule has 0 aliphatic carbocycles. The topological polar surface area (TPSA) is 117 Å². The third-order valence-corrected chi connectivity index (χ3v) is 6.59. The molecule has 0 aliphatic heterocycles. The lowest BCUT2D eigenvalue weighted by Gasteiger charge is -2.22. The van der Waals surface area contributed by atoms with Crippen LogP contribution >= 0.6 is 15.9 Å². The van der Waals surface area contributed by atoms with E-state index >= 15 is 0 Å². The van der Waals surface area contributed by atoms with Gasteiger partial charge in [-0.15, -0.1) is 0 Å². The maximum absolute atomic E-state index is 12.3. The number of rotatable bonds is 10. The van der Waals surface area contributed by atoms with Crippen molar-refractivity contribution in [1.29, 1.82) is 0 Å². The number of hydrogen-bond donors (Lipinski definition) is 2. The average molecular weight is 573 g/mol. The quantitative estimate of drug-likeness (QED) is 0.284. The van der Waals surface area contributed by atoms with Crippen molar-refractivity contribution >= 4 is 55.4 Å². The Bertz CT molecular complexity index is 1340. The summed E-state index contributed by atoms with van der Waals surface area (Å²) in [5.41, 5.74) is 5.14. The maximum Gasteiger partial charge on any atom is 0.262 e. The number of nitrogens with one attached hydrogen (secondary N) is 2. The predicted octanol–water partition coefficient (Wildman–Crippen LogP) is 3.69. The van der Waals surface area contributed by atoms with Gasteiger partial charge in [-0.05, 0) is 76.9 Å². The molecule has 0 aliphatic rings. The van der Waals surface area contributed by atoms with Crippen molar-refractivity contribution in [3.8, 4) is 5.75 Å². The van der Waals surface area contributed by atoms with Gasteiger partial charge in [0, 0.05) is 10.2 Å². The van der Waals surface area contributed by atoms with E-state index in [1.54, 1.807) is 48.5 Å². The summed E-state index contributed by atoms with van der Waals surface area (Å²) < 4.78 is 31.4. The maximum atomic E-state index is 12.3. The minimum absolute atomic E-state index is 0.147. The Morgan fingerprint density at radius 3 is 2.31 bits per heavy atom. The molecule has 0 saturated heterocycles. The fourth-order valence-corrected chi connectivity index (χ4v) is 4.50. The number of aryl methyl sites for hydroxylation is 1. The summed E-state index contributed by atoms with van der Waals surface area (Å²) in [6.45, 7) is 1.39. The number of amides is 2. The molecular formula is C25H25BrN4O5S. The Kier molecular flexibility index (Phi) is 9.20. The van der Waals surface area contributed by atoms with Crippen LogP contribution in [0.1, 0.15) is 11.1 Å². The van der Waals surface area contributed by atoms with Gasteiger partial charge in [-0.3, -0.25) is 13.9 Å². The number of anilines is 2. The van der Waals surface area contributed by atoms with Crippen LogP contribution < -0.4 is 19.8 Å². The minimum atomic E-state index is -3.70. The van der Waals surface area contributed by atoms with E-state index in [9.17, 15) is 18.0 Å². The van der Waals surface area contributed by atoms with Gasteiger partial charge in [0.1, 0.15) is 12.3 Å². The lowest BCUT2D eigenvalue weighted by atomic mass is 10.2. The van der Waals surface area contributed by atoms with Gasteiger partial charge in [-0.25, -0.2) is 13.8 Å². The molecule has 0 unspecified atom stereocenters. The highest BCUT2D eigenvalue weighted by Gasteiger charge is 2.22. The molecule has 3 aromatic carbocycles. The largest absolute Gasteiger partial charge is 0.484 e. The number of nitrogens with zero attached hydrogens (tertiary/aromatic N) is 2. The molecule has 2 amide bonds. The molecule has 0 spiro atoms. The van der Waals surface area contributed by atoms with Crippen LogP contribution in [0.15, 0.2) is 82.4 Å². The molecule has 11 heteroatoms. The summed E-state index contributed by atoms with van der Waals surface area (Å²) in [5.74, 6) is -0.391. The first-order valence-corrected chi connectivity index (χ1v) is 13.4. The van der Waals surface area contributed by atoms with Gasteiger partial charge in [-0.1, -0.05) is 29.8 Å². The van der Waals surface area contributed by atoms with Crippen molar-refractivity contribution < 1.29 is 22.7 Å². The van der Waals surface area contributed by atoms with E-state index in [0.29, 0.717) is 27.2 Å². The molecule has 2 N–H and O–H groups in total. The number of carbonyl (C=O) groups excluding carboxylic acids is 2. The highest BCUT2D eigenvalue weighted by atomic mass is 79.9. The van der Waals surface area contributed by atoms with Gasteiger partial charge < -0.3 is 10.1 Å². The van der Waals surface area contributed by atoms with E-state index in [2.05, 4.69) is 31.8 Å². The molecule has 0 saturated carbocycles. The van der Waals surface area contributed by atoms with Crippen LogP contribution in [0.5, 0.6) is 5.75 Å². The van der Waals surface area contributed by atoms with Gasteiger partial charge in [0.15, 0.2) is 6.61 Å². The van der Waals surface area contributed by atoms with Crippen LogP contribution in [-0.2, 0) is 19.6 Å². The van der Waals surface area contributed by atoms with Crippen molar-refractivity contribution in [3.63, 3.8) is 0 Å². The molecule has 0 bridgehead atoms. The fourth-order valence-electron chi connectivity index (χ4n) is 3.01. The molecule has 36 heavy (non-hydrogen) atoms. The zero-order chi connectivity index (χ0) is 26.1. The van der Waals surface area contributed by atoms with Gasteiger partial charge in [0.05, 0.1) is 18.2 Å². The summed E-state index contributed by atoms with van der Waals surface area (Å²) >= 11 is 3.30. The van der Waals surface area contributed by atoms with E-state index in [-0.39, 0.29) is 12.5 Å². The highest BCUT2D eigenvalue weighted by Crippen LogP contribution is 2.27. The number of hydrazone groups is 1. The Morgan fingerprint density at radius 1 is 1.00 bits per heavy atom. The van der Waals surface area contributed by atoms with Gasteiger partial charge in [0.2, 0.25) is 10.0 Å². The third-order valence-electron chi connectivity index (χ3n) is 4.80. The first kappa shape index (κ1) is 26.9. The molecule has 188 valence electrons. The second-order valence-corrected chi connectivity index (χ2v) is 10.5. The SMILES string of the molecule is Cc1ccc(NC(=O)COc2ccc(/C=N\NC(=O)CN(c3ccccc3Br)S(C)(=O)=O)cc2)cc1. The van der Waals surface area contributed by atoms with E-state index in [4.69, 9.17) is 4.74 Å². The van der Waals surface area contributed by atoms with Crippen LogP contribution in [0, 0.1) is 6.92 Å². The van der Waals surface area contributed by atoms with Crippen molar-refractivity contribution in [2.75, 3.05) is 29.0 Å². The molecule has 0 atom stereocenters. The Balaban J connectivity index is 1.50. The van der Waals surface area contributed by atoms with E-state index in [1.165, 1.54) is 6.21 Å². The Morgan fingerprint density at radius 2 is 1.67 bits per heavy atom. The number of ether oxygens (including phenoxy) is 1.